The van der Waals surface area contributed by atoms with Crippen molar-refractivity contribution in [2.45, 2.75) is 162 Å². The number of thioether (sulfide) groups is 1. The van der Waals surface area contributed by atoms with Crippen LogP contribution >= 0.6 is 11.8 Å². The van der Waals surface area contributed by atoms with Crippen molar-refractivity contribution in [2.75, 3.05) is 46.1 Å². The summed E-state index contributed by atoms with van der Waals surface area (Å²) < 4.78 is 11.5. The van der Waals surface area contributed by atoms with Crippen LogP contribution in [0.4, 0.5) is 4.79 Å². The van der Waals surface area contributed by atoms with E-state index in [4.69, 9.17) is 9.47 Å². The maximum atomic E-state index is 13.2. The van der Waals surface area contributed by atoms with Gasteiger partial charge in [-0.25, -0.2) is 0 Å². The van der Waals surface area contributed by atoms with Crippen molar-refractivity contribution in [2.24, 2.45) is 0 Å². The van der Waals surface area contributed by atoms with Crippen LogP contribution in [0.2, 0.25) is 0 Å². The lowest BCUT2D eigenvalue weighted by atomic mass is 10.0. The highest BCUT2D eigenvalue weighted by atomic mass is 32.2. The monoisotopic (exact) mass is 643 g/mol. The van der Waals surface area contributed by atoms with Gasteiger partial charge in [0.2, 0.25) is 0 Å². The number of aliphatic hydroxyl groups excluding tert-OH is 1. The molecule has 0 bridgehead atoms. The zero-order valence-electron chi connectivity index (χ0n) is 29.4. The average Bonchev–Trinajstić information content (AvgIpc) is 2.99. The molecule has 0 radical (unpaired) electrons. The van der Waals surface area contributed by atoms with E-state index in [1.807, 2.05) is 20.2 Å². The molecule has 1 atom stereocenters. The van der Waals surface area contributed by atoms with E-state index in [1.54, 1.807) is 4.90 Å². The fraction of sp³-hybridized carbons (Fsp3) is 0.889. The van der Waals surface area contributed by atoms with Gasteiger partial charge in [0.1, 0.15) is 6.61 Å². The number of hydrogen-bond acceptors (Lipinski definition) is 7. The molecule has 0 saturated heterocycles. The van der Waals surface area contributed by atoms with E-state index < -0.39 is 6.29 Å². The smallest absolute Gasteiger partial charge is 0.306 e. The summed E-state index contributed by atoms with van der Waals surface area (Å²) in [6, 6.07) is 0. The molecule has 0 aliphatic heterocycles. The van der Waals surface area contributed by atoms with Gasteiger partial charge in [-0.1, -0.05) is 128 Å². The predicted molar refractivity (Wildman–Crippen MR) is 188 cm³/mol. The summed E-state index contributed by atoms with van der Waals surface area (Å²) in [5.41, 5.74) is 0. The number of allylic oxidation sites excluding steroid dienone is 1. The Balaban J connectivity index is 4.91. The van der Waals surface area contributed by atoms with Gasteiger partial charge in [-0.05, 0) is 59.2 Å². The summed E-state index contributed by atoms with van der Waals surface area (Å²) >= 11 is 1.28. The highest BCUT2D eigenvalue weighted by Crippen LogP contribution is 2.19. The molecule has 44 heavy (non-hydrogen) atoms. The molecule has 0 rings (SSSR count). The van der Waals surface area contributed by atoms with Gasteiger partial charge in [-0.2, -0.15) is 0 Å². The Morgan fingerprint density at radius 3 is 1.93 bits per heavy atom. The highest BCUT2D eigenvalue weighted by molar-refractivity contribution is 8.13. The third-order valence-electron chi connectivity index (χ3n) is 7.76. The molecule has 0 aromatic rings. The van der Waals surface area contributed by atoms with Gasteiger partial charge >= 0.3 is 5.97 Å². The average molecular weight is 643 g/mol. The van der Waals surface area contributed by atoms with Crippen molar-refractivity contribution < 1.29 is 24.2 Å². The lowest BCUT2D eigenvalue weighted by Crippen LogP contribution is -2.39. The van der Waals surface area contributed by atoms with E-state index >= 15 is 0 Å². The van der Waals surface area contributed by atoms with Crippen molar-refractivity contribution in [3.63, 3.8) is 0 Å². The van der Waals surface area contributed by atoms with Crippen LogP contribution in [-0.2, 0) is 14.3 Å². The van der Waals surface area contributed by atoms with E-state index in [9.17, 15) is 14.7 Å². The Labute approximate surface area is 276 Å². The molecule has 0 saturated carbocycles. The van der Waals surface area contributed by atoms with Crippen LogP contribution in [0.1, 0.15) is 149 Å². The lowest BCUT2D eigenvalue weighted by Gasteiger charge is -2.28. The molecule has 0 aromatic carbocycles. The van der Waals surface area contributed by atoms with Crippen LogP contribution in [-0.4, -0.2) is 84.6 Å². The third-order valence-corrected chi connectivity index (χ3v) is 8.76. The minimum absolute atomic E-state index is 0.00706. The summed E-state index contributed by atoms with van der Waals surface area (Å²) in [6.45, 7) is 8.38. The number of esters is 1. The van der Waals surface area contributed by atoms with Crippen LogP contribution in [0.5, 0.6) is 0 Å². The van der Waals surface area contributed by atoms with Crippen molar-refractivity contribution in [1.82, 2.24) is 9.80 Å². The van der Waals surface area contributed by atoms with Crippen LogP contribution in [0, 0.1) is 0 Å². The Bertz CT molecular complexity index is 677. The van der Waals surface area contributed by atoms with E-state index in [2.05, 4.69) is 31.7 Å². The van der Waals surface area contributed by atoms with Crippen LogP contribution < -0.4 is 0 Å². The highest BCUT2D eigenvalue weighted by Gasteiger charge is 2.22. The molecule has 0 aliphatic carbocycles. The maximum Gasteiger partial charge on any atom is 0.306 e. The van der Waals surface area contributed by atoms with Crippen LogP contribution in [0.3, 0.4) is 0 Å². The standard InChI is InChI=1S/C36H70N2O5S/c1-6-9-12-15-16-19-22-30-42-34(39)27-23-29-38(36(41)44-31-24-28-37(4)5)32-35(40)43-33(25-20-17-13-10-7-2)26-21-18-14-11-8-3/h19,22,33,35,40H,6-18,20-21,23-32H2,1-5H3/b22-19-. The molecular formula is C36H70N2O5S. The molecule has 1 unspecified atom stereocenters. The minimum Gasteiger partial charge on any atom is -0.461 e. The van der Waals surface area contributed by atoms with Gasteiger partial charge in [0.15, 0.2) is 6.29 Å². The Morgan fingerprint density at radius 1 is 0.750 bits per heavy atom. The zero-order valence-corrected chi connectivity index (χ0v) is 30.2. The van der Waals surface area contributed by atoms with Gasteiger partial charge in [0, 0.05) is 18.7 Å². The Kier molecular flexibility index (Phi) is 31.1. The van der Waals surface area contributed by atoms with Crippen molar-refractivity contribution in [3.8, 4) is 0 Å². The molecular weight excluding hydrogens is 572 g/mol. The van der Waals surface area contributed by atoms with Gasteiger partial charge in [-0.15, -0.1) is 0 Å². The molecule has 1 N–H and O–H groups in total. The third kappa shape index (κ3) is 28.4. The molecule has 0 heterocycles. The van der Waals surface area contributed by atoms with E-state index in [0.717, 1.165) is 50.8 Å². The first-order valence-electron chi connectivity index (χ1n) is 18.0. The van der Waals surface area contributed by atoms with Gasteiger partial charge in [-0.3, -0.25) is 9.59 Å². The van der Waals surface area contributed by atoms with Crippen molar-refractivity contribution >= 4 is 23.0 Å². The Hall–Kier alpha value is -1.09. The Morgan fingerprint density at radius 2 is 1.34 bits per heavy atom. The molecule has 7 nitrogen and oxygen atoms in total. The quantitative estimate of drug-likeness (QED) is 0.0349. The molecule has 0 aromatic heterocycles. The summed E-state index contributed by atoms with van der Waals surface area (Å²) in [7, 11) is 4.05. The number of unbranched alkanes of at least 4 members (excludes halogenated alkanes) is 12. The molecule has 0 spiro atoms. The number of carbonyl (C=O) groups is 2. The number of hydrogen-bond donors (Lipinski definition) is 1. The molecule has 0 aliphatic rings. The summed E-state index contributed by atoms with van der Waals surface area (Å²) in [5, 5.41) is 10.9. The van der Waals surface area contributed by atoms with Crippen LogP contribution in [0.25, 0.3) is 0 Å². The number of rotatable bonds is 31. The zero-order chi connectivity index (χ0) is 32.7. The molecule has 1 amide bonds. The fourth-order valence-electron chi connectivity index (χ4n) is 5.08. The molecule has 260 valence electrons. The molecule has 8 heteroatoms. The fourth-order valence-corrected chi connectivity index (χ4v) is 5.87. The predicted octanol–water partition coefficient (Wildman–Crippen LogP) is 9.37. The number of aliphatic hydroxyl groups is 1. The number of ether oxygens (including phenoxy) is 2. The first-order chi connectivity index (χ1) is 21.3. The maximum absolute atomic E-state index is 13.2. The topological polar surface area (TPSA) is 79.3 Å². The second kappa shape index (κ2) is 31.9. The molecule has 0 fully saturated rings. The lowest BCUT2D eigenvalue weighted by molar-refractivity contribution is -0.146. The summed E-state index contributed by atoms with van der Waals surface area (Å²) in [5.74, 6) is 0.463. The number of nitrogens with zero attached hydrogens (tertiary/aromatic N) is 2. The number of carbonyl (C=O) groups excluding carboxylic acids is 2. The first kappa shape index (κ1) is 42.9. The van der Waals surface area contributed by atoms with Gasteiger partial charge in [0.05, 0.1) is 12.6 Å². The second-order valence-electron chi connectivity index (χ2n) is 12.4. The SMILES string of the molecule is CCCCCC/C=C\COC(=O)CCCN(CC(O)OC(CCCCCCC)CCCCCCC)C(=O)SCCCN(C)C. The summed E-state index contributed by atoms with van der Waals surface area (Å²) in [6.07, 6.45) is 24.5. The van der Waals surface area contributed by atoms with Crippen molar-refractivity contribution in [1.29, 1.82) is 0 Å². The summed E-state index contributed by atoms with van der Waals surface area (Å²) in [4.78, 5) is 29.2. The first-order valence-corrected chi connectivity index (χ1v) is 19.0. The minimum atomic E-state index is -1.04. The van der Waals surface area contributed by atoms with Gasteiger partial charge in [0.25, 0.3) is 5.24 Å². The van der Waals surface area contributed by atoms with Crippen LogP contribution in [0.15, 0.2) is 12.2 Å². The van der Waals surface area contributed by atoms with E-state index in [0.29, 0.717) is 19.6 Å². The number of amides is 1. The largest absolute Gasteiger partial charge is 0.461 e. The normalized spacial score (nSPS) is 12.5. The van der Waals surface area contributed by atoms with Gasteiger partial charge < -0.3 is 24.4 Å². The van der Waals surface area contributed by atoms with E-state index in [-0.39, 0.29) is 30.3 Å². The van der Waals surface area contributed by atoms with E-state index in [1.165, 1.54) is 88.8 Å². The van der Waals surface area contributed by atoms with Crippen molar-refractivity contribution in [3.05, 3.63) is 12.2 Å². The second-order valence-corrected chi connectivity index (χ2v) is 13.5.